The van der Waals surface area contributed by atoms with Crippen molar-refractivity contribution in [3.05, 3.63) is 56.2 Å². The van der Waals surface area contributed by atoms with Crippen molar-refractivity contribution in [1.29, 1.82) is 0 Å². The van der Waals surface area contributed by atoms with E-state index in [-0.39, 0.29) is 5.91 Å². The van der Waals surface area contributed by atoms with Gasteiger partial charge in [-0.25, -0.2) is 4.39 Å². The maximum Gasteiger partial charge on any atom is 0.257 e. The van der Waals surface area contributed by atoms with E-state index in [1.165, 1.54) is 6.07 Å². The molecular formula is C14H11Br2FN2O. The predicted octanol–water partition coefficient (Wildman–Crippen LogP) is 4.49. The third kappa shape index (κ3) is 3.19. The molecule has 20 heavy (non-hydrogen) atoms. The summed E-state index contributed by atoms with van der Waals surface area (Å²) in [6, 6.07) is 7.85. The average Bonchev–Trinajstić information content (AvgIpc) is 2.35. The number of amides is 1. The lowest BCUT2D eigenvalue weighted by Gasteiger charge is -2.11. The molecule has 0 spiro atoms. The van der Waals surface area contributed by atoms with Crippen LogP contribution in [-0.4, -0.2) is 5.91 Å². The summed E-state index contributed by atoms with van der Waals surface area (Å²) in [5, 5.41) is 2.66. The van der Waals surface area contributed by atoms with Crippen molar-refractivity contribution >= 4 is 49.1 Å². The van der Waals surface area contributed by atoms with Crippen LogP contribution in [-0.2, 0) is 0 Å². The molecule has 0 unspecified atom stereocenters. The number of halogens is 3. The molecule has 0 bridgehead atoms. The zero-order chi connectivity index (χ0) is 14.9. The van der Waals surface area contributed by atoms with E-state index < -0.39 is 5.82 Å². The van der Waals surface area contributed by atoms with E-state index in [0.29, 0.717) is 21.4 Å². The van der Waals surface area contributed by atoms with Crippen molar-refractivity contribution in [2.75, 3.05) is 11.1 Å². The van der Waals surface area contributed by atoms with Crippen molar-refractivity contribution < 1.29 is 9.18 Å². The summed E-state index contributed by atoms with van der Waals surface area (Å²) in [7, 11) is 0. The van der Waals surface area contributed by atoms with Crippen LogP contribution in [0.4, 0.5) is 15.8 Å². The summed E-state index contributed by atoms with van der Waals surface area (Å²) >= 11 is 6.37. The Balaban J connectivity index is 2.30. The lowest BCUT2D eigenvalue weighted by Crippen LogP contribution is -2.15. The van der Waals surface area contributed by atoms with Gasteiger partial charge in [-0.15, -0.1) is 0 Å². The Hall–Kier alpha value is -1.40. The second kappa shape index (κ2) is 5.93. The van der Waals surface area contributed by atoms with Crippen LogP contribution in [0.25, 0.3) is 0 Å². The lowest BCUT2D eigenvalue weighted by atomic mass is 10.1. The molecule has 3 nitrogen and oxygen atoms in total. The van der Waals surface area contributed by atoms with Gasteiger partial charge in [-0.2, -0.15) is 0 Å². The molecule has 6 heteroatoms. The molecule has 2 aromatic carbocycles. The van der Waals surface area contributed by atoms with Gasteiger partial charge in [-0.1, -0.05) is 15.9 Å². The summed E-state index contributed by atoms with van der Waals surface area (Å²) in [6.45, 7) is 1.78. The largest absolute Gasteiger partial charge is 0.398 e. The third-order valence-corrected chi connectivity index (χ3v) is 3.87. The molecule has 0 saturated heterocycles. The highest BCUT2D eigenvalue weighted by Crippen LogP contribution is 2.25. The highest BCUT2D eigenvalue weighted by Gasteiger charge is 2.13. The first kappa shape index (κ1) is 15.0. The third-order valence-electron chi connectivity index (χ3n) is 2.77. The van der Waals surface area contributed by atoms with E-state index in [9.17, 15) is 9.18 Å². The van der Waals surface area contributed by atoms with E-state index in [4.69, 9.17) is 5.73 Å². The van der Waals surface area contributed by atoms with Crippen LogP contribution in [0.5, 0.6) is 0 Å². The van der Waals surface area contributed by atoms with Crippen molar-refractivity contribution in [3.63, 3.8) is 0 Å². The van der Waals surface area contributed by atoms with Crippen LogP contribution < -0.4 is 11.1 Å². The molecule has 3 N–H and O–H groups in total. The van der Waals surface area contributed by atoms with Gasteiger partial charge in [0.05, 0.1) is 10.0 Å². The number of rotatable bonds is 2. The summed E-state index contributed by atoms with van der Waals surface area (Å²) in [5.74, 6) is -0.811. The summed E-state index contributed by atoms with van der Waals surface area (Å²) in [4.78, 5) is 12.2. The monoisotopic (exact) mass is 400 g/mol. The lowest BCUT2D eigenvalue weighted by molar-refractivity contribution is 0.102. The first-order valence-corrected chi connectivity index (χ1v) is 7.29. The van der Waals surface area contributed by atoms with Crippen molar-refractivity contribution in [2.45, 2.75) is 6.92 Å². The molecule has 0 radical (unpaired) electrons. The molecule has 0 aliphatic carbocycles. The Labute approximate surface area is 132 Å². The number of hydrogen-bond donors (Lipinski definition) is 2. The molecule has 0 fully saturated rings. The fourth-order valence-corrected chi connectivity index (χ4v) is 2.55. The standard InChI is InChI=1S/C14H11Br2FN2O/c1-7-4-10(16)11(17)6-13(7)19-14(20)9-3-2-8(15)5-12(9)18/h2-6H,18H2,1H3,(H,19,20). The number of hydrogen-bond acceptors (Lipinski definition) is 2. The van der Waals surface area contributed by atoms with Crippen LogP contribution in [0.1, 0.15) is 15.9 Å². The highest BCUT2D eigenvalue weighted by molar-refractivity contribution is 9.10. The minimum atomic E-state index is -0.435. The van der Waals surface area contributed by atoms with E-state index in [1.54, 1.807) is 31.2 Å². The van der Waals surface area contributed by atoms with E-state index in [1.807, 2.05) is 0 Å². The van der Waals surface area contributed by atoms with Crippen LogP contribution in [0, 0.1) is 12.7 Å². The molecule has 0 atom stereocenters. The average molecular weight is 402 g/mol. The highest BCUT2D eigenvalue weighted by atomic mass is 79.9. The number of benzene rings is 2. The molecule has 1 amide bonds. The summed E-state index contributed by atoms with van der Waals surface area (Å²) in [5.41, 5.74) is 7.66. The van der Waals surface area contributed by atoms with Crippen LogP contribution in [0.2, 0.25) is 0 Å². The minimum absolute atomic E-state index is 0.343. The first-order chi connectivity index (χ1) is 9.38. The number of nitrogens with one attached hydrogen (secondary N) is 1. The fraction of sp³-hybridized carbons (Fsp3) is 0.0714. The SMILES string of the molecule is Cc1cc(Br)c(F)cc1NC(=O)c1ccc(Br)cc1N. The minimum Gasteiger partial charge on any atom is -0.398 e. The van der Waals surface area contributed by atoms with Crippen molar-refractivity contribution in [1.82, 2.24) is 0 Å². The van der Waals surface area contributed by atoms with Crippen LogP contribution in [0.15, 0.2) is 39.3 Å². The molecule has 0 aliphatic rings. The number of nitrogen functional groups attached to an aromatic ring is 1. The smallest absolute Gasteiger partial charge is 0.257 e. The van der Waals surface area contributed by atoms with Gasteiger partial charge < -0.3 is 11.1 Å². The van der Waals surface area contributed by atoms with Gasteiger partial charge in [0, 0.05) is 15.8 Å². The number of nitrogens with two attached hydrogens (primary N) is 1. The zero-order valence-corrected chi connectivity index (χ0v) is 13.7. The van der Waals surface area contributed by atoms with Crippen molar-refractivity contribution in [3.8, 4) is 0 Å². The first-order valence-electron chi connectivity index (χ1n) is 5.70. The maximum atomic E-state index is 13.5. The van der Waals surface area contributed by atoms with Gasteiger partial charge in [-0.05, 0) is 58.7 Å². The fourth-order valence-electron chi connectivity index (χ4n) is 1.71. The Bertz CT molecular complexity index is 689. The Morgan fingerprint density at radius 1 is 1.25 bits per heavy atom. The number of carbonyl (C=O) groups is 1. The molecule has 2 rings (SSSR count). The molecule has 0 aliphatic heterocycles. The van der Waals surface area contributed by atoms with E-state index in [2.05, 4.69) is 37.2 Å². The van der Waals surface area contributed by atoms with Gasteiger partial charge in [-0.3, -0.25) is 4.79 Å². The van der Waals surface area contributed by atoms with Gasteiger partial charge in [0.15, 0.2) is 0 Å². The molecule has 0 aromatic heterocycles. The van der Waals surface area contributed by atoms with Crippen molar-refractivity contribution in [2.24, 2.45) is 0 Å². The van der Waals surface area contributed by atoms with Gasteiger partial charge >= 0.3 is 0 Å². The predicted molar refractivity (Wildman–Crippen MR) is 85.3 cm³/mol. The van der Waals surface area contributed by atoms with Gasteiger partial charge in [0.25, 0.3) is 5.91 Å². The topological polar surface area (TPSA) is 55.1 Å². The molecule has 0 heterocycles. The quantitative estimate of drug-likeness (QED) is 0.728. The van der Waals surface area contributed by atoms with Gasteiger partial charge in [0.2, 0.25) is 0 Å². The maximum absolute atomic E-state index is 13.5. The Morgan fingerprint density at radius 3 is 2.60 bits per heavy atom. The zero-order valence-electron chi connectivity index (χ0n) is 10.5. The summed E-state index contributed by atoms with van der Waals surface area (Å²) < 4.78 is 14.7. The molecular weight excluding hydrogens is 391 g/mol. The van der Waals surface area contributed by atoms with Crippen LogP contribution in [0.3, 0.4) is 0 Å². The second-order valence-electron chi connectivity index (χ2n) is 4.27. The Morgan fingerprint density at radius 2 is 1.95 bits per heavy atom. The normalized spacial score (nSPS) is 10.4. The second-order valence-corrected chi connectivity index (χ2v) is 6.04. The summed E-state index contributed by atoms with van der Waals surface area (Å²) in [6.07, 6.45) is 0. The van der Waals surface area contributed by atoms with E-state index >= 15 is 0 Å². The molecule has 2 aromatic rings. The molecule has 0 saturated carbocycles. The number of carbonyl (C=O) groups excluding carboxylic acids is 1. The molecule has 104 valence electrons. The number of aryl methyl sites for hydroxylation is 1. The van der Waals surface area contributed by atoms with Crippen LogP contribution >= 0.6 is 31.9 Å². The Kier molecular flexibility index (Phi) is 4.45. The van der Waals surface area contributed by atoms with Gasteiger partial charge in [0.1, 0.15) is 5.82 Å². The van der Waals surface area contributed by atoms with E-state index in [0.717, 1.165) is 10.0 Å². The number of anilines is 2.